The fourth-order valence-corrected chi connectivity index (χ4v) is 4.67. The molecule has 0 bridgehead atoms. The number of hydrogen-bond donors (Lipinski definition) is 7. The minimum atomic E-state index is -4.45. The highest BCUT2D eigenvalue weighted by Crippen LogP contribution is 2.33. The highest BCUT2D eigenvalue weighted by atomic mass is 31.2. The van der Waals surface area contributed by atoms with Crippen LogP contribution in [0, 0.1) is 11.8 Å². The molecule has 1 aromatic carbocycles. The van der Waals surface area contributed by atoms with Gasteiger partial charge in [0, 0.05) is 11.5 Å². The van der Waals surface area contributed by atoms with Crippen molar-refractivity contribution in [3.63, 3.8) is 0 Å². The topological polar surface area (TPSA) is 217 Å². The number of benzene rings is 1. The molecule has 0 radical (unpaired) electrons. The van der Waals surface area contributed by atoms with Crippen molar-refractivity contribution in [1.29, 1.82) is 0 Å². The van der Waals surface area contributed by atoms with Crippen molar-refractivity contribution >= 4 is 31.2 Å². The van der Waals surface area contributed by atoms with Crippen molar-refractivity contribution in [2.45, 2.75) is 52.9 Å². The lowest BCUT2D eigenvalue weighted by atomic mass is 9.84. The summed E-state index contributed by atoms with van der Waals surface area (Å²) in [5, 5.41) is 16.4. The first-order chi connectivity index (χ1) is 19.9. The summed E-state index contributed by atoms with van der Waals surface area (Å²) in [6.07, 6.45) is 2.53. The van der Waals surface area contributed by atoms with E-state index >= 15 is 0 Å². The van der Waals surface area contributed by atoms with Gasteiger partial charge < -0.3 is 34.9 Å². The maximum atomic E-state index is 12.9. The van der Waals surface area contributed by atoms with Gasteiger partial charge in [0.25, 0.3) is 11.8 Å². The van der Waals surface area contributed by atoms with Gasteiger partial charge in [-0.3, -0.25) is 29.0 Å². The maximum Gasteiger partial charge on any atom is 0.344 e. The van der Waals surface area contributed by atoms with Crippen molar-refractivity contribution < 1.29 is 47.9 Å². The quantitative estimate of drug-likeness (QED) is 0.0457. The van der Waals surface area contributed by atoms with Crippen molar-refractivity contribution in [2.24, 2.45) is 11.8 Å². The van der Waals surface area contributed by atoms with Crippen LogP contribution in [0.1, 0.15) is 73.8 Å². The van der Waals surface area contributed by atoms with Gasteiger partial charge in [-0.2, -0.15) is 0 Å². The van der Waals surface area contributed by atoms with Crippen molar-refractivity contribution in [3.05, 3.63) is 41.7 Å². The molecule has 14 nitrogen and oxygen atoms in total. The molecule has 2 aromatic rings. The summed E-state index contributed by atoms with van der Waals surface area (Å²) in [6, 6.07) is 7.41. The third-order valence-electron chi connectivity index (χ3n) is 6.43. The Labute approximate surface area is 243 Å². The number of hydrogen-bond acceptors (Lipinski definition) is 8. The Morgan fingerprint density at radius 2 is 1.67 bits per heavy atom. The molecule has 42 heavy (non-hydrogen) atoms. The Bertz CT molecular complexity index is 1280. The first kappa shape index (κ1) is 34.5. The monoisotopic (exact) mass is 610 g/mol. The average molecular weight is 611 g/mol. The SMILES string of the molecule is CCCCC[C@@H](C(=O)NCNC(=O)c1ccc(-c2ccc(C(=O)NCP(=O)(O)O)c(OCC)c2)o1)[C@@H](CC)C(=O)NO. The number of furan rings is 1. The van der Waals surface area contributed by atoms with Crippen LogP contribution in [0.2, 0.25) is 0 Å². The molecule has 15 heteroatoms. The summed E-state index contributed by atoms with van der Waals surface area (Å²) in [7, 11) is -4.45. The van der Waals surface area contributed by atoms with Crippen LogP contribution in [0.15, 0.2) is 34.7 Å². The summed E-state index contributed by atoms with van der Waals surface area (Å²) in [5.41, 5.74) is 2.16. The van der Waals surface area contributed by atoms with Gasteiger partial charge in [-0.25, -0.2) is 5.48 Å². The lowest BCUT2D eigenvalue weighted by Gasteiger charge is -2.24. The predicted octanol–water partition coefficient (Wildman–Crippen LogP) is 2.74. The number of ether oxygens (including phenoxy) is 1. The number of unbranched alkanes of at least 4 members (excludes halogenated alkanes) is 2. The maximum absolute atomic E-state index is 12.9. The summed E-state index contributed by atoms with van der Waals surface area (Å²) in [4.78, 5) is 68.1. The molecule has 4 amide bonds. The zero-order chi connectivity index (χ0) is 31.3. The van der Waals surface area contributed by atoms with Crippen molar-refractivity contribution in [3.8, 4) is 17.1 Å². The molecule has 0 aliphatic rings. The van der Waals surface area contributed by atoms with E-state index in [2.05, 4.69) is 16.0 Å². The van der Waals surface area contributed by atoms with E-state index in [1.54, 1.807) is 19.3 Å². The Hall–Kier alpha value is -3.71. The molecule has 0 aliphatic carbocycles. The summed E-state index contributed by atoms with van der Waals surface area (Å²) < 4.78 is 22.3. The van der Waals surface area contributed by atoms with Crippen LogP contribution >= 0.6 is 7.60 Å². The summed E-state index contributed by atoms with van der Waals surface area (Å²) in [5.74, 6) is -3.42. The van der Waals surface area contributed by atoms with E-state index < -0.39 is 49.3 Å². The fourth-order valence-electron chi connectivity index (χ4n) is 4.32. The molecule has 1 heterocycles. The van der Waals surface area contributed by atoms with Crippen LogP contribution in [0.4, 0.5) is 0 Å². The van der Waals surface area contributed by atoms with Crippen molar-refractivity contribution in [1.82, 2.24) is 21.4 Å². The van der Waals surface area contributed by atoms with Gasteiger partial charge in [0.15, 0.2) is 5.76 Å². The lowest BCUT2D eigenvalue weighted by molar-refractivity contribution is -0.140. The number of amides is 4. The van der Waals surface area contributed by atoms with E-state index in [1.165, 1.54) is 30.3 Å². The Morgan fingerprint density at radius 1 is 0.929 bits per heavy atom. The predicted molar refractivity (Wildman–Crippen MR) is 152 cm³/mol. The summed E-state index contributed by atoms with van der Waals surface area (Å²) in [6.45, 7) is 5.47. The third-order valence-corrected chi connectivity index (χ3v) is 7.00. The van der Waals surface area contributed by atoms with Crippen molar-refractivity contribution in [2.75, 3.05) is 19.6 Å². The molecule has 0 saturated heterocycles. The highest BCUT2D eigenvalue weighted by Gasteiger charge is 2.32. The molecule has 2 atom stereocenters. The zero-order valence-electron chi connectivity index (χ0n) is 23.8. The largest absolute Gasteiger partial charge is 0.493 e. The molecule has 0 aliphatic heterocycles. The average Bonchev–Trinajstić information content (AvgIpc) is 3.45. The molecule has 0 saturated carbocycles. The third kappa shape index (κ3) is 10.3. The fraction of sp³-hybridized carbons (Fsp3) is 0.481. The van der Waals surface area contributed by atoms with E-state index in [4.69, 9.17) is 24.1 Å². The second-order valence-electron chi connectivity index (χ2n) is 9.45. The van der Waals surface area contributed by atoms with Crippen LogP contribution in [-0.2, 0) is 14.2 Å². The minimum absolute atomic E-state index is 0.0498. The second-order valence-corrected chi connectivity index (χ2v) is 11.1. The number of hydroxylamine groups is 1. The van der Waals surface area contributed by atoms with Crippen LogP contribution in [0.25, 0.3) is 11.3 Å². The van der Waals surface area contributed by atoms with Gasteiger partial charge >= 0.3 is 7.60 Å². The first-order valence-corrected chi connectivity index (χ1v) is 15.4. The standard InChI is InChI=1S/C27H39N4O10P/c1-4-7-8-9-19(18(5-2)26(34)31-36)24(32)28-15-29-27(35)22-13-12-21(41-22)17-10-11-20(23(14-17)40-6-3)25(33)30-16-42(37,38)39/h10-14,18-19,36H,4-9,15-16H2,1-3H3,(H,28,32)(H,29,35)(H,30,33)(H,31,34)(H2,37,38,39)/t18-,19-/m1/s1. The van der Waals surface area contributed by atoms with E-state index in [-0.39, 0.29) is 36.1 Å². The molecule has 1 aromatic heterocycles. The molecule has 7 N–H and O–H groups in total. The van der Waals surface area contributed by atoms with Crippen LogP contribution in [0.5, 0.6) is 5.75 Å². The normalized spacial score (nSPS) is 12.6. The van der Waals surface area contributed by atoms with Gasteiger partial charge in [0.2, 0.25) is 11.8 Å². The Morgan fingerprint density at radius 3 is 2.29 bits per heavy atom. The molecule has 0 spiro atoms. The first-order valence-electron chi connectivity index (χ1n) is 13.6. The van der Waals surface area contributed by atoms with Crippen LogP contribution < -0.4 is 26.2 Å². The molecule has 232 valence electrons. The highest BCUT2D eigenvalue weighted by molar-refractivity contribution is 7.51. The molecule has 0 fully saturated rings. The van der Waals surface area contributed by atoms with Gasteiger partial charge in [0.1, 0.15) is 17.8 Å². The molecule has 2 rings (SSSR count). The second kappa shape index (κ2) is 16.7. The van der Waals surface area contributed by atoms with E-state index in [1.807, 2.05) is 6.92 Å². The Kier molecular flexibility index (Phi) is 13.7. The zero-order valence-corrected chi connectivity index (χ0v) is 24.7. The van der Waals surface area contributed by atoms with Crippen LogP contribution in [0.3, 0.4) is 0 Å². The lowest BCUT2D eigenvalue weighted by Crippen LogP contribution is -2.44. The number of rotatable bonds is 17. The number of carbonyl (C=O) groups is 4. The molecular weight excluding hydrogens is 571 g/mol. The molecule has 0 unspecified atom stereocenters. The van der Waals surface area contributed by atoms with Gasteiger partial charge in [-0.1, -0.05) is 39.2 Å². The van der Waals surface area contributed by atoms with Gasteiger partial charge in [-0.05, 0) is 44.0 Å². The summed E-state index contributed by atoms with van der Waals surface area (Å²) >= 11 is 0. The van der Waals surface area contributed by atoms with E-state index in [0.29, 0.717) is 18.4 Å². The van der Waals surface area contributed by atoms with E-state index in [9.17, 15) is 23.7 Å². The Balaban J connectivity index is 2.07. The van der Waals surface area contributed by atoms with Crippen LogP contribution in [-0.4, -0.2) is 58.2 Å². The molecular formula is C27H39N4O10P. The van der Waals surface area contributed by atoms with E-state index in [0.717, 1.165) is 19.3 Å². The number of nitrogens with one attached hydrogen (secondary N) is 4. The van der Waals surface area contributed by atoms with Gasteiger partial charge in [0.05, 0.1) is 24.8 Å². The number of carbonyl (C=O) groups excluding carboxylic acids is 4. The minimum Gasteiger partial charge on any atom is -0.493 e. The smallest absolute Gasteiger partial charge is 0.344 e. The van der Waals surface area contributed by atoms with Gasteiger partial charge in [-0.15, -0.1) is 0 Å².